The zero-order valence-electron chi connectivity index (χ0n) is 12.4. The lowest BCUT2D eigenvalue weighted by atomic mass is 9.84. The molecule has 0 radical (unpaired) electrons. The molecule has 2 aliphatic rings. The van der Waals surface area contributed by atoms with Crippen LogP contribution < -0.4 is 10.1 Å². The SMILES string of the molecule is COc1ccc(Br)c(CC(=O)C2CC3CCCCC3N2)c1. The van der Waals surface area contributed by atoms with Gasteiger partial charge in [0.25, 0.3) is 0 Å². The molecule has 114 valence electrons. The Hall–Kier alpha value is -0.870. The molecule has 3 unspecified atom stereocenters. The second-order valence-corrected chi connectivity index (χ2v) is 7.06. The van der Waals surface area contributed by atoms with Gasteiger partial charge in [-0.2, -0.15) is 0 Å². The van der Waals surface area contributed by atoms with Gasteiger partial charge in [0.05, 0.1) is 13.2 Å². The average Bonchev–Trinajstić information content (AvgIpc) is 2.93. The molecule has 1 aliphatic carbocycles. The summed E-state index contributed by atoms with van der Waals surface area (Å²) in [5.74, 6) is 1.81. The van der Waals surface area contributed by atoms with E-state index >= 15 is 0 Å². The molecule has 1 heterocycles. The smallest absolute Gasteiger partial charge is 0.154 e. The zero-order chi connectivity index (χ0) is 14.8. The molecule has 0 bridgehead atoms. The molecule has 21 heavy (non-hydrogen) atoms. The van der Waals surface area contributed by atoms with Crippen LogP contribution in [0, 0.1) is 5.92 Å². The molecule has 1 saturated heterocycles. The van der Waals surface area contributed by atoms with Crippen LogP contribution in [0.2, 0.25) is 0 Å². The molecule has 1 aromatic carbocycles. The van der Waals surface area contributed by atoms with Gasteiger partial charge >= 0.3 is 0 Å². The first-order valence-corrected chi connectivity index (χ1v) is 8.58. The van der Waals surface area contributed by atoms with Crippen molar-refractivity contribution in [3.63, 3.8) is 0 Å². The first-order chi connectivity index (χ1) is 10.2. The highest BCUT2D eigenvalue weighted by Gasteiger charge is 2.37. The van der Waals surface area contributed by atoms with Crippen molar-refractivity contribution in [3.8, 4) is 5.75 Å². The molecular formula is C17H22BrNO2. The third-order valence-corrected chi connectivity index (χ3v) is 5.64. The fraction of sp³-hybridized carbons (Fsp3) is 0.588. The summed E-state index contributed by atoms with van der Waals surface area (Å²) in [4.78, 5) is 12.6. The monoisotopic (exact) mass is 351 g/mol. The number of Topliss-reactive ketones (excluding diaryl/α,β-unsaturated/α-hetero) is 1. The molecule has 4 heteroatoms. The summed E-state index contributed by atoms with van der Waals surface area (Å²) < 4.78 is 6.23. The maximum absolute atomic E-state index is 12.6. The van der Waals surface area contributed by atoms with Gasteiger partial charge in [0.15, 0.2) is 5.78 Å². The van der Waals surface area contributed by atoms with E-state index < -0.39 is 0 Å². The molecular weight excluding hydrogens is 330 g/mol. The Morgan fingerprint density at radius 2 is 2.19 bits per heavy atom. The number of hydrogen-bond donors (Lipinski definition) is 1. The summed E-state index contributed by atoms with van der Waals surface area (Å²) in [7, 11) is 1.65. The number of carbonyl (C=O) groups excluding carboxylic acids is 1. The molecule has 3 rings (SSSR count). The Bertz CT molecular complexity index is 518. The van der Waals surface area contributed by atoms with Gasteiger partial charge in [-0.15, -0.1) is 0 Å². The van der Waals surface area contributed by atoms with Gasteiger partial charge < -0.3 is 10.1 Å². The number of ether oxygens (including phenoxy) is 1. The Balaban J connectivity index is 1.66. The van der Waals surface area contributed by atoms with Crippen LogP contribution in [0.1, 0.15) is 37.7 Å². The number of ketones is 1. The first-order valence-electron chi connectivity index (χ1n) is 7.78. The van der Waals surface area contributed by atoms with Crippen LogP contribution in [-0.4, -0.2) is 25.0 Å². The summed E-state index contributed by atoms with van der Waals surface area (Å²) in [6, 6.07) is 6.41. The predicted molar refractivity (Wildman–Crippen MR) is 86.7 cm³/mol. The number of hydrogen-bond acceptors (Lipinski definition) is 3. The predicted octanol–water partition coefficient (Wildman–Crippen LogP) is 3.49. The average molecular weight is 352 g/mol. The number of methoxy groups -OCH3 is 1. The summed E-state index contributed by atoms with van der Waals surface area (Å²) in [6.07, 6.45) is 6.63. The largest absolute Gasteiger partial charge is 0.497 e. The maximum Gasteiger partial charge on any atom is 0.154 e. The Labute approximate surface area is 134 Å². The fourth-order valence-corrected chi connectivity index (χ4v) is 4.07. The molecule has 0 amide bonds. The normalized spacial score (nSPS) is 28.2. The van der Waals surface area contributed by atoms with Crippen molar-refractivity contribution in [2.45, 2.75) is 50.6 Å². The first kappa shape index (κ1) is 15.0. The number of benzene rings is 1. The van der Waals surface area contributed by atoms with Crippen LogP contribution in [0.5, 0.6) is 5.75 Å². The third kappa shape index (κ3) is 3.32. The minimum absolute atomic E-state index is 0.0381. The van der Waals surface area contributed by atoms with E-state index in [9.17, 15) is 4.79 Å². The molecule has 1 N–H and O–H groups in total. The van der Waals surface area contributed by atoms with Crippen molar-refractivity contribution in [1.29, 1.82) is 0 Å². The summed E-state index contributed by atoms with van der Waals surface area (Å²) >= 11 is 3.53. The van der Waals surface area contributed by atoms with Crippen LogP contribution in [-0.2, 0) is 11.2 Å². The maximum atomic E-state index is 12.6. The zero-order valence-corrected chi connectivity index (χ0v) is 14.0. The van der Waals surface area contributed by atoms with Crippen molar-refractivity contribution in [2.75, 3.05) is 7.11 Å². The molecule has 2 fully saturated rings. The van der Waals surface area contributed by atoms with Crippen LogP contribution >= 0.6 is 15.9 Å². The molecule has 0 spiro atoms. The standard InChI is InChI=1S/C17H22BrNO2/c1-21-13-6-7-14(18)12(8-13)10-17(20)16-9-11-4-2-3-5-15(11)19-16/h6-8,11,15-16,19H,2-5,9-10H2,1H3. The third-order valence-electron chi connectivity index (χ3n) is 4.87. The number of fused-ring (bicyclic) bond motifs is 1. The molecule has 1 aromatic rings. The molecule has 0 aromatic heterocycles. The molecule has 3 atom stereocenters. The fourth-order valence-electron chi connectivity index (χ4n) is 3.69. The molecule has 1 aliphatic heterocycles. The van der Waals surface area contributed by atoms with Crippen molar-refractivity contribution in [3.05, 3.63) is 28.2 Å². The minimum atomic E-state index is 0.0381. The van der Waals surface area contributed by atoms with Crippen molar-refractivity contribution < 1.29 is 9.53 Å². The highest BCUT2D eigenvalue weighted by molar-refractivity contribution is 9.10. The van der Waals surface area contributed by atoms with E-state index in [1.165, 1.54) is 25.7 Å². The van der Waals surface area contributed by atoms with E-state index in [0.29, 0.717) is 24.2 Å². The van der Waals surface area contributed by atoms with Crippen molar-refractivity contribution in [1.82, 2.24) is 5.32 Å². The lowest BCUT2D eigenvalue weighted by Gasteiger charge is -2.24. The van der Waals surface area contributed by atoms with Crippen LogP contribution in [0.15, 0.2) is 22.7 Å². The van der Waals surface area contributed by atoms with E-state index in [4.69, 9.17) is 4.74 Å². The van der Waals surface area contributed by atoms with E-state index in [2.05, 4.69) is 21.2 Å². The van der Waals surface area contributed by atoms with Crippen molar-refractivity contribution >= 4 is 21.7 Å². The van der Waals surface area contributed by atoms with Gasteiger partial charge in [0.2, 0.25) is 0 Å². The highest BCUT2D eigenvalue weighted by Crippen LogP contribution is 2.34. The lowest BCUT2D eigenvalue weighted by Crippen LogP contribution is -2.37. The Kier molecular flexibility index (Phi) is 4.65. The second-order valence-electron chi connectivity index (χ2n) is 6.21. The van der Waals surface area contributed by atoms with Gasteiger partial charge in [0.1, 0.15) is 5.75 Å². The highest BCUT2D eigenvalue weighted by atomic mass is 79.9. The summed E-state index contributed by atoms with van der Waals surface area (Å²) in [6.45, 7) is 0. The van der Waals surface area contributed by atoms with Crippen LogP contribution in [0.4, 0.5) is 0 Å². The van der Waals surface area contributed by atoms with E-state index in [1.54, 1.807) is 7.11 Å². The number of carbonyl (C=O) groups is 1. The lowest BCUT2D eigenvalue weighted by molar-refractivity contribution is -0.120. The van der Waals surface area contributed by atoms with Crippen LogP contribution in [0.3, 0.4) is 0 Å². The van der Waals surface area contributed by atoms with E-state index in [1.807, 2.05) is 18.2 Å². The number of halogens is 1. The summed E-state index contributed by atoms with van der Waals surface area (Å²) in [5.41, 5.74) is 1.01. The van der Waals surface area contributed by atoms with Gasteiger partial charge in [-0.05, 0) is 48.9 Å². The van der Waals surface area contributed by atoms with E-state index in [-0.39, 0.29) is 6.04 Å². The van der Waals surface area contributed by atoms with Gasteiger partial charge in [-0.1, -0.05) is 28.8 Å². The van der Waals surface area contributed by atoms with Crippen molar-refractivity contribution in [2.24, 2.45) is 5.92 Å². The quantitative estimate of drug-likeness (QED) is 0.902. The van der Waals surface area contributed by atoms with Gasteiger partial charge in [-0.25, -0.2) is 0 Å². The van der Waals surface area contributed by atoms with Gasteiger partial charge in [0, 0.05) is 16.9 Å². The second kappa shape index (κ2) is 6.49. The molecule has 1 saturated carbocycles. The van der Waals surface area contributed by atoms with E-state index in [0.717, 1.165) is 22.2 Å². The number of rotatable bonds is 4. The molecule has 3 nitrogen and oxygen atoms in total. The van der Waals surface area contributed by atoms with Gasteiger partial charge in [-0.3, -0.25) is 4.79 Å². The minimum Gasteiger partial charge on any atom is -0.497 e. The summed E-state index contributed by atoms with van der Waals surface area (Å²) in [5, 5.41) is 3.56. The van der Waals surface area contributed by atoms with Crippen LogP contribution in [0.25, 0.3) is 0 Å². The Morgan fingerprint density at radius 1 is 1.38 bits per heavy atom. The number of nitrogens with one attached hydrogen (secondary N) is 1. The topological polar surface area (TPSA) is 38.3 Å². The Morgan fingerprint density at radius 3 is 2.95 bits per heavy atom.